The first kappa shape index (κ1) is 18.0. The van der Waals surface area contributed by atoms with E-state index < -0.39 is 5.97 Å². The molecule has 1 N–H and O–H groups in total. The number of carboxylic acids is 1. The Morgan fingerprint density at radius 1 is 1.16 bits per heavy atom. The monoisotopic (exact) mass is 347 g/mol. The molecule has 0 aliphatic carbocycles. The van der Waals surface area contributed by atoms with Crippen LogP contribution >= 0.6 is 0 Å². The van der Waals surface area contributed by atoms with Crippen molar-refractivity contribution in [2.45, 2.75) is 12.6 Å². The molecule has 0 saturated carbocycles. The van der Waals surface area contributed by atoms with Crippen molar-refractivity contribution >= 4 is 5.97 Å². The van der Waals surface area contributed by atoms with Crippen molar-refractivity contribution in [3.63, 3.8) is 0 Å². The lowest BCUT2D eigenvalue weighted by atomic mass is 10.1. The van der Waals surface area contributed by atoms with Crippen LogP contribution in [-0.4, -0.2) is 77.6 Å². The van der Waals surface area contributed by atoms with Crippen molar-refractivity contribution in [2.75, 3.05) is 45.8 Å². The normalized spacial score (nSPS) is 26.0. The van der Waals surface area contributed by atoms with E-state index >= 15 is 0 Å². The number of aliphatic carboxylic acids is 1. The van der Waals surface area contributed by atoms with Gasteiger partial charge >= 0.3 is 5.97 Å². The molecule has 2 unspecified atom stereocenters. The maximum absolute atomic E-state index is 13.1. The SMILES string of the molecule is C=CCN1CC(C(=O)O)CN2CCN(Cc3ccc(F)cc3)CC2C1. The third-order valence-electron chi connectivity index (χ3n) is 5.15. The Bertz CT molecular complexity index is 607. The van der Waals surface area contributed by atoms with E-state index in [2.05, 4.69) is 21.3 Å². The number of carboxylic acid groups (broad SMARTS) is 1. The zero-order valence-corrected chi connectivity index (χ0v) is 14.5. The maximum Gasteiger partial charge on any atom is 0.309 e. The Hall–Kier alpha value is -1.76. The van der Waals surface area contributed by atoms with Gasteiger partial charge in [-0.3, -0.25) is 19.5 Å². The number of piperazine rings is 1. The van der Waals surface area contributed by atoms with Gasteiger partial charge in [-0.15, -0.1) is 6.58 Å². The van der Waals surface area contributed by atoms with Gasteiger partial charge in [-0.2, -0.15) is 0 Å². The Kier molecular flexibility index (Phi) is 5.83. The van der Waals surface area contributed by atoms with Gasteiger partial charge in [0.25, 0.3) is 0 Å². The highest BCUT2D eigenvalue weighted by Crippen LogP contribution is 2.20. The van der Waals surface area contributed by atoms with Gasteiger partial charge in [-0.25, -0.2) is 4.39 Å². The van der Waals surface area contributed by atoms with Gasteiger partial charge < -0.3 is 5.11 Å². The summed E-state index contributed by atoms with van der Waals surface area (Å²) in [5, 5.41) is 9.49. The molecule has 2 atom stereocenters. The van der Waals surface area contributed by atoms with E-state index in [-0.39, 0.29) is 11.7 Å². The molecular formula is C19H26FN3O2. The van der Waals surface area contributed by atoms with Crippen LogP contribution in [0.15, 0.2) is 36.9 Å². The molecule has 2 fully saturated rings. The maximum atomic E-state index is 13.1. The molecule has 2 saturated heterocycles. The first-order valence-corrected chi connectivity index (χ1v) is 8.82. The van der Waals surface area contributed by atoms with E-state index in [0.29, 0.717) is 25.7 Å². The predicted molar refractivity (Wildman–Crippen MR) is 94.8 cm³/mol. The third-order valence-corrected chi connectivity index (χ3v) is 5.15. The van der Waals surface area contributed by atoms with Crippen molar-refractivity contribution in [3.8, 4) is 0 Å². The summed E-state index contributed by atoms with van der Waals surface area (Å²) in [5.74, 6) is -1.28. The number of carbonyl (C=O) groups is 1. The minimum atomic E-state index is -0.719. The summed E-state index contributed by atoms with van der Waals surface area (Å²) >= 11 is 0. The molecule has 6 heteroatoms. The Balaban J connectivity index is 1.66. The first-order valence-electron chi connectivity index (χ1n) is 8.82. The van der Waals surface area contributed by atoms with Crippen molar-refractivity contribution in [3.05, 3.63) is 48.3 Å². The Morgan fingerprint density at radius 2 is 1.88 bits per heavy atom. The summed E-state index contributed by atoms with van der Waals surface area (Å²) in [6, 6.07) is 6.98. The fraction of sp³-hybridized carbons (Fsp3) is 0.526. The molecule has 5 nitrogen and oxygen atoms in total. The molecule has 25 heavy (non-hydrogen) atoms. The molecule has 2 aliphatic heterocycles. The Morgan fingerprint density at radius 3 is 2.56 bits per heavy atom. The largest absolute Gasteiger partial charge is 0.481 e. The lowest BCUT2D eigenvalue weighted by molar-refractivity contribution is -0.142. The molecule has 3 rings (SSSR count). The van der Waals surface area contributed by atoms with Crippen LogP contribution in [0.4, 0.5) is 4.39 Å². The van der Waals surface area contributed by atoms with E-state index in [1.807, 2.05) is 18.2 Å². The fourth-order valence-electron chi connectivity index (χ4n) is 3.88. The van der Waals surface area contributed by atoms with E-state index in [9.17, 15) is 14.3 Å². The number of benzene rings is 1. The number of fused-ring (bicyclic) bond motifs is 1. The quantitative estimate of drug-likeness (QED) is 0.819. The van der Waals surface area contributed by atoms with E-state index in [4.69, 9.17) is 0 Å². The lowest BCUT2D eigenvalue weighted by Gasteiger charge is -2.41. The van der Waals surface area contributed by atoms with Crippen LogP contribution in [0.2, 0.25) is 0 Å². The highest BCUT2D eigenvalue weighted by atomic mass is 19.1. The third kappa shape index (κ3) is 4.66. The molecule has 1 aromatic carbocycles. The Labute approximate surface area is 148 Å². The zero-order valence-electron chi connectivity index (χ0n) is 14.5. The van der Waals surface area contributed by atoms with Gasteiger partial charge in [0, 0.05) is 58.4 Å². The second kappa shape index (κ2) is 8.08. The van der Waals surface area contributed by atoms with Gasteiger partial charge in [0.2, 0.25) is 0 Å². The van der Waals surface area contributed by atoms with Crippen LogP contribution in [-0.2, 0) is 11.3 Å². The van der Waals surface area contributed by atoms with Crippen LogP contribution in [0.1, 0.15) is 5.56 Å². The summed E-state index contributed by atoms with van der Waals surface area (Å²) in [4.78, 5) is 18.4. The molecule has 0 radical (unpaired) electrons. The minimum Gasteiger partial charge on any atom is -0.481 e. The molecule has 0 aromatic heterocycles. The summed E-state index contributed by atoms with van der Waals surface area (Å²) < 4.78 is 13.1. The second-order valence-corrected chi connectivity index (χ2v) is 7.05. The van der Waals surface area contributed by atoms with Crippen LogP contribution in [0.5, 0.6) is 0 Å². The second-order valence-electron chi connectivity index (χ2n) is 7.05. The lowest BCUT2D eigenvalue weighted by Crippen LogP contribution is -2.55. The molecule has 0 bridgehead atoms. The van der Waals surface area contributed by atoms with Crippen molar-refractivity contribution in [1.29, 1.82) is 0 Å². The highest BCUT2D eigenvalue weighted by molar-refractivity contribution is 5.70. The fourth-order valence-corrected chi connectivity index (χ4v) is 3.88. The topological polar surface area (TPSA) is 47.0 Å². The zero-order chi connectivity index (χ0) is 17.8. The van der Waals surface area contributed by atoms with Crippen molar-refractivity contribution in [1.82, 2.24) is 14.7 Å². The smallest absolute Gasteiger partial charge is 0.309 e. The number of rotatable bonds is 5. The molecular weight excluding hydrogens is 321 g/mol. The van der Waals surface area contributed by atoms with Gasteiger partial charge in [-0.1, -0.05) is 18.2 Å². The molecule has 0 spiro atoms. The average Bonchev–Trinajstić information content (AvgIpc) is 2.76. The van der Waals surface area contributed by atoms with E-state index in [1.165, 1.54) is 12.1 Å². The summed E-state index contributed by atoms with van der Waals surface area (Å²) in [7, 11) is 0. The van der Waals surface area contributed by atoms with Gasteiger partial charge in [0.15, 0.2) is 0 Å². The van der Waals surface area contributed by atoms with Gasteiger partial charge in [0.1, 0.15) is 5.82 Å². The summed E-state index contributed by atoms with van der Waals surface area (Å²) in [6.07, 6.45) is 1.84. The number of halogens is 1. The van der Waals surface area contributed by atoms with E-state index in [0.717, 1.165) is 38.3 Å². The van der Waals surface area contributed by atoms with Crippen LogP contribution < -0.4 is 0 Å². The molecule has 0 amide bonds. The number of nitrogens with zero attached hydrogens (tertiary/aromatic N) is 3. The summed E-state index contributed by atoms with van der Waals surface area (Å²) in [6.45, 7) is 10.0. The van der Waals surface area contributed by atoms with Crippen molar-refractivity contribution < 1.29 is 14.3 Å². The van der Waals surface area contributed by atoms with Gasteiger partial charge in [0.05, 0.1) is 5.92 Å². The van der Waals surface area contributed by atoms with Crippen LogP contribution in [0, 0.1) is 11.7 Å². The van der Waals surface area contributed by atoms with Gasteiger partial charge in [-0.05, 0) is 17.7 Å². The number of hydrogen-bond donors (Lipinski definition) is 1. The highest BCUT2D eigenvalue weighted by Gasteiger charge is 2.35. The summed E-state index contributed by atoms with van der Waals surface area (Å²) in [5.41, 5.74) is 1.11. The molecule has 136 valence electrons. The van der Waals surface area contributed by atoms with E-state index in [1.54, 1.807) is 0 Å². The van der Waals surface area contributed by atoms with Crippen molar-refractivity contribution in [2.24, 2.45) is 5.92 Å². The number of hydrogen-bond acceptors (Lipinski definition) is 4. The van der Waals surface area contributed by atoms with Crippen LogP contribution in [0.3, 0.4) is 0 Å². The average molecular weight is 347 g/mol. The molecule has 2 aliphatic rings. The molecule has 1 aromatic rings. The minimum absolute atomic E-state index is 0.211. The predicted octanol–water partition coefficient (Wildman–Crippen LogP) is 1.51. The van der Waals surface area contributed by atoms with Crippen LogP contribution in [0.25, 0.3) is 0 Å². The standard InChI is InChI=1S/C19H26FN3O2/c1-2-7-21-11-16(19(24)25)12-23-9-8-22(14-18(23)13-21)10-15-3-5-17(20)6-4-15/h2-6,16,18H,1,7-14H2,(H,24,25). The molecule has 2 heterocycles. The first-order chi connectivity index (χ1) is 12.0.